The van der Waals surface area contributed by atoms with Gasteiger partial charge in [-0.3, -0.25) is 4.79 Å². The van der Waals surface area contributed by atoms with Gasteiger partial charge in [-0.1, -0.05) is 5.16 Å². The molecule has 0 radical (unpaired) electrons. The first-order valence-corrected chi connectivity index (χ1v) is 5.93. The number of aromatic nitrogens is 1. The minimum atomic E-state index is -0.179. The van der Waals surface area contributed by atoms with Crippen molar-refractivity contribution in [1.82, 2.24) is 10.1 Å². The van der Waals surface area contributed by atoms with E-state index in [0.29, 0.717) is 6.42 Å². The third kappa shape index (κ3) is 1.84. The van der Waals surface area contributed by atoms with Crippen molar-refractivity contribution in [2.75, 3.05) is 0 Å². The molecule has 2 atom stereocenters. The smallest absolute Gasteiger partial charge is 0.225 e. The van der Waals surface area contributed by atoms with Gasteiger partial charge in [0.1, 0.15) is 5.76 Å². The number of aryl methyl sites for hydroxylation is 2. The lowest BCUT2D eigenvalue weighted by Gasteiger charge is -2.30. The summed E-state index contributed by atoms with van der Waals surface area (Å²) in [6.45, 7) is 7.76. The van der Waals surface area contributed by atoms with Gasteiger partial charge in [0.2, 0.25) is 5.91 Å². The van der Waals surface area contributed by atoms with Crippen molar-refractivity contribution in [2.24, 2.45) is 5.73 Å². The van der Waals surface area contributed by atoms with Crippen LogP contribution in [0, 0.1) is 13.8 Å². The molecule has 1 aromatic rings. The van der Waals surface area contributed by atoms with Crippen LogP contribution >= 0.6 is 0 Å². The molecule has 1 aliphatic heterocycles. The molecule has 2 N–H and O–H groups in total. The van der Waals surface area contributed by atoms with Gasteiger partial charge in [-0.25, -0.2) is 0 Å². The highest BCUT2D eigenvalue weighted by atomic mass is 16.5. The van der Waals surface area contributed by atoms with Gasteiger partial charge in [0, 0.05) is 24.1 Å². The fourth-order valence-corrected chi connectivity index (χ4v) is 2.65. The van der Waals surface area contributed by atoms with Crippen LogP contribution in [-0.2, 0) is 4.79 Å². The van der Waals surface area contributed by atoms with E-state index in [2.05, 4.69) is 5.16 Å². The lowest BCUT2D eigenvalue weighted by Crippen LogP contribution is -2.38. The summed E-state index contributed by atoms with van der Waals surface area (Å²) in [6, 6.07) is -0.148. The SMILES string of the molecule is Cc1noc(C)c1[C@@H]1[C@@H](N)CC(=O)N1C(C)C. The second-order valence-corrected chi connectivity index (χ2v) is 4.95. The van der Waals surface area contributed by atoms with E-state index >= 15 is 0 Å². The number of carbonyl (C=O) groups is 1. The Balaban J connectivity index is 2.45. The summed E-state index contributed by atoms with van der Waals surface area (Å²) < 4.78 is 5.18. The average Bonchev–Trinajstić information content (AvgIpc) is 2.67. The molecule has 1 aliphatic rings. The van der Waals surface area contributed by atoms with Crippen LogP contribution in [0.5, 0.6) is 0 Å². The zero-order valence-electron chi connectivity index (χ0n) is 10.7. The van der Waals surface area contributed by atoms with E-state index in [-0.39, 0.29) is 24.0 Å². The summed E-state index contributed by atoms with van der Waals surface area (Å²) in [6.07, 6.45) is 0.396. The lowest BCUT2D eigenvalue weighted by molar-refractivity contribution is -0.130. The van der Waals surface area contributed by atoms with Gasteiger partial charge in [0.25, 0.3) is 0 Å². The van der Waals surface area contributed by atoms with Crippen molar-refractivity contribution >= 4 is 5.91 Å². The minimum absolute atomic E-state index is 0.103. The molecular formula is C12H19N3O2. The molecule has 0 spiro atoms. The van der Waals surface area contributed by atoms with Gasteiger partial charge >= 0.3 is 0 Å². The molecule has 0 unspecified atom stereocenters. The van der Waals surface area contributed by atoms with Gasteiger partial charge in [-0.05, 0) is 27.7 Å². The molecule has 2 heterocycles. The van der Waals surface area contributed by atoms with E-state index in [0.717, 1.165) is 17.0 Å². The normalized spacial score (nSPS) is 25.1. The van der Waals surface area contributed by atoms with E-state index in [1.165, 1.54) is 0 Å². The zero-order chi connectivity index (χ0) is 12.7. The molecule has 0 saturated carbocycles. The summed E-state index contributed by atoms with van der Waals surface area (Å²) in [5.41, 5.74) is 7.89. The summed E-state index contributed by atoms with van der Waals surface area (Å²) in [7, 11) is 0. The standard InChI is InChI=1S/C12H19N3O2/c1-6(2)15-10(16)5-9(13)12(15)11-7(3)14-17-8(11)4/h6,9,12H,5,13H2,1-4H3/t9-,12-/m0/s1. The molecule has 0 bridgehead atoms. The van der Waals surface area contributed by atoms with Crippen LogP contribution in [0.15, 0.2) is 4.52 Å². The topological polar surface area (TPSA) is 72.4 Å². The summed E-state index contributed by atoms with van der Waals surface area (Å²) in [5, 5.41) is 3.95. The predicted molar refractivity (Wildman–Crippen MR) is 63.3 cm³/mol. The monoisotopic (exact) mass is 237 g/mol. The van der Waals surface area contributed by atoms with Crippen molar-refractivity contribution in [3.63, 3.8) is 0 Å². The number of rotatable bonds is 2. The number of amides is 1. The van der Waals surface area contributed by atoms with E-state index in [1.807, 2.05) is 32.6 Å². The molecule has 94 valence electrons. The number of carbonyl (C=O) groups excluding carboxylic acids is 1. The number of nitrogens with two attached hydrogens (primary N) is 1. The second-order valence-electron chi connectivity index (χ2n) is 4.95. The highest BCUT2D eigenvalue weighted by molar-refractivity contribution is 5.80. The van der Waals surface area contributed by atoms with Crippen molar-refractivity contribution in [1.29, 1.82) is 0 Å². The van der Waals surface area contributed by atoms with Gasteiger partial charge in [-0.15, -0.1) is 0 Å². The van der Waals surface area contributed by atoms with Crippen molar-refractivity contribution in [3.05, 3.63) is 17.0 Å². The van der Waals surface area contributed by atoms with Crippen molar-refractivity contribution in [3.8, 4) is 0 Å². The predicted octanol–water partition coefficient (Wildman–Crippen LogP) is 1.30. The third-order valence-corrected chi connectivity index (χ3v) is 3.34. The Morgan fingerprint density at radius 2 is 2.12 bits per heavy atom. The second kappa shape index (κ2) is 4.14. The molecular weight excluding hydrogens is 218 g/mol. The Kier molecular flexibility index (Phi) is 2.95. The summed E-state index contributed by atoms with van der Waals surface area (Å²) in [5.74, 6) is 0.862. The molecule has 1 saturated heterocycles. The van der Waals surface area contributed by atoms with Crippen LogP contribution in [0.25, 0.3) is 0 Å². The maximum absolute atomic E-state index is 11.9. The fourth-order valence-electron chi connectivity index (χ4n) is 2.65. The first-order valence-electron chi connectivity index (χ1n) is 5.93. The Bertz CT molecular complexity index is 419. The highest BCUT2D eigenvalue weighted by Gasteiger charge is 2.42. The Hall–Kier alpha value is -1.36. The molecule has 1 aromatic heterocycles. The van der Waals surface area contributed by atoms with E-state index in [1.54, 1.807) is 0 Å². The van der Waals surface area contributed by atoms with E-state index in [9.17, 15) is 4.79 Å². The molecule has 17 heavy (non-hydrogen) atoms. The van der Waals surface area contributed by atoms with Crippen LogP contribution in [0.1, 0.15) is 43.3 Å². The average molecular weight is 237 g/mol. The summed E-state index contributed by atoms with van der Waals surface area (Å²) >= 11 is 0. The highest BCUT2D eigenvalue weighted by Crippen LogP contribution is 2.36. The lowest BCUT2D eigenvalue weighted by atomic mass is 9.98. The number of hydrogen-bond donors (Lipinski definition) is 1. The Morgan fingerprint density at radius 3 is 2.59 bits per heavy atom. The van der Waals surface area contributed by atoms with Gasteiger partial charge in [0.05, 0.1) is 11.7 Å². The quantitative estimate of drug-likeness (QED) is 0.841. The first kappa shape index (κ1) is 12.1. The van der Waals surface area contributed by atoms with Crippen molar-refractivity contribution < 1.29 is 9.32 Å². The molecule has 5 nitrogen and oxygen atoms in total. The molecule has 2 rings (SSSR count). The molecule has 1 fully saturated rings. The Morgan fingerprint density at radius 1 is 1.47 bits per heavy atom. The number of nitrogens with zero attached hydrogens (tertiary/aromatic N) is 2. The number of likely N-dealkylation sites (tertiary alicyclic amines) is 1. The van der Waals surface area contributed by atoms with E-state index in [4.69, 9.17) is 10.3 Å². The van der Waals surface area contributed by atoms with Gasteiger partial charge < -0.3 is 15.2 Å². The van der Waals surface area contributed by atoms with Gasteiger partial charge in [-0.2, -0.15) is 0 Å². The number of hydrogen-bond acceptors (Lipinski definition) is 4. The summed E-state index contributed by atoms with van der Waals surface area (Å²) in [4.78, 5) is 13.8. The van der Waals surface area contributed by atoms with Crippen LogP contribution < -0.4 is 5.73 Å². The fraction of sp³-hybridized carbons (Fsp3) is 0.667. The van der Waals surface area contributed by atoms with Crippen LogP contribution in [0.2, 0.25) is 0 Å². The molecule has 0 aromatic carbocycles. The third-order valence-electron chi connectivity index (χ3n) is 3.34. The van der Waals surface area contributed by atoms with Crippen LogP contribution in [0.3, 0.4) is 0 Å². The van der Waals surface area contributed by atoms with Crippen LogP contribution in [0.4, 0.5) is 0 Å². The van der Waals surface area contributed by atoms with Gasteiger partial charge in [0.15, 0.2) is 0 Å². The van der Waals surface area contributed by atoms with Crippen molar-refractivity contribution in [2.45, 2.75) is 52.2 Å². The Labute approximate surface area is 101 Å². The largest absolute Gasteiger partial charge is 0.361 e. The molecule has 5 heteroatoms. The maximum atomic E-state index is 11.9. The zero-order valence-corrected chi connectivity index (χ0v) is 10.7. The molecule has 1 amide bonds. The van der Waals surface area contributed by atoms with Crippen LogP contribution in [-0.4, -0.2) is 28.0 Å². The maximum Gasteiger partial charge on any atom is 0.225 e. The molecule has 0 aliphatic carbocycles. The minimum Gasteiger partial charge on any atom is -0.361 e. The van der Waals surface area contributed by atoms with E-state index < -0.39 is 0 Å². The first-order chi connectivity index (χ1) is 7.93.